The molecule has 102 valence electrons. The van der Waals surface area contributed by atoms with E-state index in [-0.39, 0.29) is 0 Å². The normalized spacial score (nSPS) is 20.8. The van der Waals surface area contributed by atoms with Gasteiger partial charge in [0.15, 0.2) is 0 Å². The van der Waals surface area contributed by atoms with E-state index in [9.17, 15) is 0 Å². The Labute approximate surface area is 114 Å². The van der Waals surface area contributed by atoms with Crippen LogP contribution in [0.2, 0.25) is 0 Å². The quantitative estimate of drug-likeness (QED) is 0.786. The number of aryl methyl sites for hydroxylation is 1. The number of rotatable bonds is 3. The molecule has 0 amide bonds. The van der Waals surface area contributed by atoms with Crippen LogP contribution in [-0.2, 0) is 0 Å². The molecule has 1 atom stereocenters. The van der Waals surface area contributed by atoms with Crippen LogP contribution in [0.3, 0.4) is 0 Å². The Morgan fingerprint density at radius 3 is 3.05 bits per heavy atom. The van der Waals surface area contributed by atoms with Gasteiger partial charge in [-0.05, 0) is 20.0 Å². The molecule has 1 aromatic carbocycles. The van der Waals surface area contributed by atoms with Crippen LogP contribution in [-0.4, -0.2) is 49.2 Å². The van der Waals surface area contributed by atoms with E-state index < -0.39 is 0 Å². The van der Waals surface area contributed by atoms with Crippen LogP contribution in [0.5, 0.6) is 0 Å². The maximum Gasteiger partial charge on any atom is 0.0628 e. The van der Waals surface area contributed by atoms with Gasteiger partial charge in [0.25, 0.3) is 0 Å². The lowest BCUT2D eigenvalue weighted by Gasteiger charge is -2.31. The average Bonchev–Trinajstić information content (AvgIpc) is 2.72. The van der Waals surface area contributed by atoms with Gasteiger partial charge in [-0.3, -0.25) is 0 Å². The van der Waals surface area contributed by atoms with Crippen LogP contribution in [0.25, 0.3) is 10.9 Å². The van der Waals surface area contributed by atoms with Crippen LogP contribution in [0.4, 0.5) is 5.69 Å². The van der Waals surface area contributed by atoms with Crippen molar-refractivity contribution in [3.63, 3.8) is 0 Å². The topological polar surface area (TPSA) is 43.1 Å². The van der Waals surface area contributed by atoms with Gasteiger partial charge >= 0.3 is 0 Å². The predicted molar refractivity (Wildman–Crippen MR) is 80.8 cm³/mol. The number of hydrogen-bond acceptors (Lipinski definition) is 3. The van der Waals surface area contributed by atoms with Crippen LogP contribution in [0.15, 0.2) is 24.3 Å². The number of likely N-dealkylation sites (N-methyl/N-ethyl adjacent to an activating group) is 1. The Bertz CT molecular complexity index is 560. The molecule has 0 bridgehead atoms. The summed E-state index contributed by atoms with van der Waals surface area (Å²) < 4.78 is 0. The van der Waals surface area contributed by atoms with Crippen molar-refractivity contribution in [2.45, 2.75) is 13.0 Å². The zero-order chi connectivity index (χ0) is 13.2. The Hall–Kier alpha value is -1.52. The van der Waals surface area contributed by atoms with E-state index in [0.717, 1.165) is 26.2 Å². The highest BCUT2D eigenvalue weighted by Gasteiger charge is 2.17. The summed E-state index contributed by atoms with van der Waals surface area (Å²) in [6.45, 7) is 6.42. The van der Waals surface area contributed by atoms with Gasteiger partial charge < -0.3 is 20.5 Å². The second-order valence-corrected chi connectivity index (χ2v) is 5.46. The highest BCUT2D eigenvalue weighted by molar-refractivity contribution is 5.94. The molecule has 0 radical (unpaired) electrons. The van der Waals surface area contributed by atoms with E-state index in [2.05, 4.69) is 58.8 Å². The first-order valence-corrected chi connectivity index (χ1v) is 6.97. The number of anilines is 1. The number of H-pyrrole nitrogens is 1. The molecule has 2 aromatic rings. The summed E-state index contributed by atoms with van der Waals surface area (Å²) in [6.07, 6.45) is 0. The van der Waals surface area contributed by atoms with Crippen LogP contribution in [0, 0.1) is 6.92 Å². The van der Waals surface area contributed by atoms with E-state index in [1.807, 2.05) is 0 Å². The lowest BCUT2D eigenvalue weighted by molar-refractivity contribution is 0.244. The minimum atomic E-state index is 0.520. The Kier molecular flexibility index (Phi) is 3.44. The highest BCUT2D eigenvalue weighted by atomic mass is 15.2. The maximum absolute atomic E-state index is 3.61. The van der Waals surface area contributed by atoms with Crippen molar-refractivity contribution >= 4 is 16.6 Å². The van der Waals surface area contributed by atoms with Crippen molar-refractivity contribution in [2.75, 3.05) is 38.5 Å². The summed E-state index contributed by atoms with van der Waals surface area (Å²) in [6, 6.07) is 8.97. The number of benzene rings is 1. The molecule has 1 aliphatic heterocycles. The molecule has 1 unspecified atom stereocenters. The first kappa shape index (κ1) is 12.5. The standard InChI is InChI=1S/C15H22N4/c1-11-15(13-5-3-4-6-14(13)18-11)17-9-12-10-19(2)8-7-16-12/h3-6,12,16-18H,7-10H2,1-2H3. The molecule has 4 nitrogen and oxygen atoms in total. The summed E-state index contributed by atoms with van der Waals surface area (Å²) in [5, 5.41) is 8.45. The summed E-state index contributed by atoms with van der Waals surface area (Å²) in [4.78, 5) is 5.81. The number of aromatic amines is 1. The summed E-state index contributed by atoms with van der Waals surface area (Å²) in [5.41, 5.74) is 3.66. The molecular weight excluding hydrogens is 236 g/mol. The fourth-order valence-electron chi connectivity index (χ4n) is 2.86. The zero-order valence-electron chi connectivity index (χ0n) is 11.7. The predicted octanol–water partition coefficient (Wildman–Crippen LogP) is 1.79. The molecule has 0 spiro atoms. The third-order valence-electron chi connectivity index (χ3n) is 3.88. The van der Waals surface area contributed by atoms with E-state index in [1.54, 1.807) is 0 Å². The third-order valence-corrected chi connectivity index (χ3v) is 3.88. The van der Waals surface area contributed by atoms with Gasteiger partial charge in [0, 0.05) is 48.8 Å². The van der Waals surface area contributed by atoms with Gasteiger partial charge in [-0.15, -0.1) is 0 Å². The van der Waals surface area contributed by atoms with Gasteiger partial charge in [-0.25, -0.2) is 0 Å². The molecule has 2 heterocycles. The molecule has 19 heavy (non-hydrogen) atoms. The minimum Gasteiger partial charge on any atom is -0.381 e. The number of hydrogen-bond donors (Lipinski definition) is 3. The molecule has 0 aliphatic carbocycles. The molecule has 4 heteroatoms. The second-order valence-electron chi connectivity index (χ2n) is 5.46. The van der Waals surface area contributed by atoms with Gasteiger partial charge in [-0.2, -0.15) is 0 Å². The number of nitrogens with zero attached hydrogens (tertiary/aromatic N) is 1. The van der Waals surface area contributed by atoms with E-state index in [0.29, 0.717) is 6.04 Å². The summed E-state index contributed by atoms with van der Waals surface area (Å²) >= 11 is 0. The lowest BCUT2D eigenvalue weighted by atomic mass is 10.2. The molecule has 1 fully saturated rings. The molecule has 1 aliphatic rings. The fraction of sp³-hybridized carbons (Fsp3) is 0.467. The van der Waals surface area contributed by atoms with E-state index >= 15 is 0 Å². The van der Waals surface area contributed by atoms with Crippen molar-refractivity contribution in [1.29, 1.82) is 0 Å². The zero-order valence-corrected chi connectivity index (χ0v) is 11.7. The molecule has 1 aromatic heterocycles. The largest absolute Gasteiger partial charge is 0.381 e. The maximum atomic E-state index is 3.61. The third kappa shape index (κ3) is 2.60. The minimum absolute atomic E-state index is 0.520. The molecule has 3 rings (SSSR count). The average molecular weight is 258 g/mol. The van der Waals surface area contributed by atoms with Crippen LogP contribution >= 0.6 is 0 Å². The molecule has 3 N–H and O–H groups in total. The highest BCUT2D eigenvalue weighted by Crippen LogP contribution is 2.26. The van der Waals surface area contributed by atoms with Gasteiger partial charge in [0.2, 0.25) is 0 Å². The van der Waals surface area contributed by atoms with Crippen LogP contribution < -0.4 is 10.6 Å². The van der Waals surface area contributed by atoms with Crippen molar-refractivity contribution in [2.24, 2.45) is 0 Å². The number of piperazine rings is 1. The van der Waals surface area contributed by atoms with Gasteiger partial charge in [-0.1, -0.05) is 18.2 Å². The number of nitrogens with one attached hydrogen (secondary N) is 3. The van der Waals surface area contributed by atoms with Crippen molar-refractivity contribution in [3.05, 3.63) is 30.0 Å². The fourth-order valence-corrected chi connectivity index (χ4v) is 2.86. The molecule has 0 saturated carbocycles. The first-order valence-electron chi connectivity index (χ1n) is 6.97. The van der Waals surface area contributed by atoms with Crippen molar-refractivity contribution in [3.8, 4) is 0 Å². The van der Waals surface area contributed by atoms with Crippen LogP contribution in [0.1, 0.15) is 5.69 Å². The second kappa shape index (κ2) is 5.23. The summed E-state index contributed by atoms with van der Waals surface area (Å²) in [5.74, 6) is 0. The van der Waals surface area contributed by atoms with Crippen molar-refractivity contribution in [1.82, 2.24) is 15.2 Å². The molecular formula is C15H22N4. The SMILES string of the molecule is Cc1[nH]c2ccccc2c1NCC1CN(C)CCN1. The summed E-state index contributed by atoms with van der Waals surface area (Å²) in [7, 11) is 2.19. The van der Waals surface area contributed by atoms with Gasteiger partial charge in [0.05, 0.1) is 5.69 Å². The smallest absolute Gasteiger partial charge is 0.0628 e. The van der Waals surface area contributed by atoms with Gasteiger partial charge in [0.1, 0.15) is 0 Å². The first-order chi connectivity index (χ1) is 9.24. The molecule has 1 saturated heterocycles. The lowest BCUT2D eigenvalue weighted by Crippen LogP contribution is -2.51. The Morgan fingerprint density at radius 1 is 1.37 bits per heavy atom. The number of fused-ring (bicyclic) bond motifs is 1. The van der Waals surface area contributed by atoms with Crippen molar-refractivity contribution < 1.29 is 0 Å². The van der Waals surface area contributed by atoms with E-state index in [1.165, 1.54) is 22.3 Å². The number of para-hydroxylation sites is 1. The van der Waals surface area contributed by atoms with E-state index in [4.69, 9.17) is 0 Å². The Morgan fingerprint density at radius 2 is 2.21 bits per heavy atom. The monoisotopic (exact) mass is 258 g/mol. The Balaban J connectivity index is 1.73. The number of aromatic nitrogens is 1.